The van der Waals surface area contributed by atoms with E-state index in [9.17, 15) is 0 Å². The van der Waals surface area contributed by atoms with Gasteiger partial charge in [-0.2, -0.15) is 0 Å². The monoisotopic (exact) mass is 379 g/mol. The third-order valence-electron chi connectivity index (χ3n) is 6.00. The molecule has 0 aliphatic heterocycles. The summed E-state index contributed by atoms with van der Waals surface area (Å²) >= 11 is 0. The summed E-state index contributed by atoms with van der Waals surface area (Å²) in [6, 6.07) is 18.0. The summed E-state index contributed by atoms with van der Waals surface area (Å²) < 4.78 is 13.5. The molecule has 4 nitrogen and oxygen atoms in total. The second-order valence-electron chi connectivity index (χ2n) is 7.82. The first-order chi connectivity index (χ1) is 13.7. The lowest BCUT2D eigenvalue weighted by Crippen LogP contribution is -2.84. The van der Waals surface area contributed by atoms with Gasteiger partial charge in [-0.1, -0.05) is 42.0 Å². The average molecular weight is 380 g/mol. The van der Waals surface area contributed by atoms with Gasteiger partial charge in [0.1, 0.15) is 12.6 Å². The number of benzene rings is 2. The van der Waals surface area contributed by atoms with Crippen LogP contribution in [-0.4, -0.2) is 25.1 Å². The molecule has 1 aliphatic rings. The van der Waals surface area contributed by atoms with Crippen molar-refractivity contribution < 1.29 is 14.8 Å². The normalized spacial score (nSPS) is 16.6. The second-order valence-corrected chi connectivity index (χ2v) is 7.82. The Balaban J connectivity index is 1.74. The smallest absolute Gasteiger partial charge is 0.174 e. The van der Waals surface area contributed by atoms with Gasteiger partial charge in [0, 0.05) is 37.1 Å². The molecule has 1 unspecified atom stereocenters. The van der Waals surface area contributed by atoms with Crippen molar-refractivity contribution in [1.82, 2.24) is 4.57 Å². The zero-order valence-corrected chi connectivity index (χ0v) is 17.2. The first kappa shape index (κ1) is 19.2. The molecule has 0 amide bonds. The highest BCUT2D eigenvalue weighted by molar-refractivity contribution is 5.86. The first-order valence-corrected chi connectivity index (χ1v) is 10.3. The molecule has 1 aliphatic carbocycles. The Labute approximate surface area is 167 Å². The number of nitrogens with zero attached hydrogens (tertiary/aromatic N) is 1. The van der Waals surface area contributed by atoms with Gasteiger partial charge in [0.05, 0.1) is 12.2 Å². The van der Waals surface area contributed by atoms with Crippen molar-refractivity contribution in [2.45, 2.75) is 51.6 Å². The van der Waals surface area contributed by atoms with Crippen LogP contribution in [0.2, 0.25) is 0 Å². The Morgan fingerprint density at radius 3 is 2.64 bits per heavy atom. The number of nitrogens with two attached hydrogens (primary N) is 1. The largest absolute Gasteiger partial charge is 0.354 e. The Morgan fingerprint density at radius 2 is 1.89 bits per heavy atom. The predicted molar refractivity (Wildman–Crippen MR) is 112 cm³/mol. The Kier molecular flexibility index (Phi) is 5.81. The van der Waals surface area contributed by atoms with Crippen LogP contribution in [0.5, 0.6) is 0 Å². The van der Waals surface area contributed by atoms with Gasteiger partial charge in [-0.3, -0.25) is 0 Å². The zero-order valence-electron chi connectivity index (χ0n) is 17.2. The maximum Gasteiger partial charge on any atom is 0.174 e. The van der Waals surface area contributed by atoms with E-state index in [1.807, 2.05) is 0 Å². The lowest BCUT2D eigenvalue weighted by Gasteiger charge is -2.25. The standard InChI is InChI=1S/C24H30N2O2/c1-17-12-13-22-20(14-17)19-10-7-11-21(25-15-18-8-5-4-6-9-18)24(19)26(22)16-23(27-2)28-3/h4-6,8-9,12-14,21,23,25H,7,10-11,15-16H2,1-3H3/p+1. The van der Waals surface area contributed by atoms with Crippen molar-refractivity contribution in [3.8, 4) is 0 Å². The summed E-state index contributed by atoms with van der Waals surface area (Å²) in [5.41, 5.74) is 6.97. The number of aromatic nitrogens is 1. The molecule has 0 radical (unpaired) electrons. The van der Waals surface area contributed by atoms with Crippen LogP contribution in [0, 0.1) is 6.92 Å². The van der Waals surface area contributed by atoms with Gasteiger partial charge in [-0.15, -0.1) is 0 Å². The predicted octanol–water partition coefficient (Wildman–Crippen LogP) is 3.71. The number of aryl methyl sites for hydroxylation is 2. The molecule has 1 heterocycles. The summed E-state index contributed by atoms with van der Waals surface area (Å²) in [4.78, 5) is 0. The van der Waals surface area contributed by atoms with Gasteiger partial charge in [0.25, 0.3) is 0 Å². The highest BCUT2D eigenvalue weighted by atomic mass is 16.7. The van der Waals surface area contributed by atoms with E-state index in [1.165, 1.54) is 46.1 Å². The van der Waals surface area contributed by atoms with E-state index in [0.29, 0.717) is 6.04 Å². The summed E-state index contributed by atoms with van der Waals surface area (Å²) in [7, 11) is 3.44. The van der Waals surface area contributed by atoms with E-state index in [2.05, 4.69) is 65.3 Å². The molecule has 4 heteroatoms. The summed E-state index contributed by atoms with van der Waals surface area (Å²) in [6.07, 6.45) is 3.37. The van der Waals surface area contributed by atoms with Crippen LogP contribution in [0.4, 0.5) is 0 Å². The maximum atomic E-state index is 5.55. The fourth-order valence-electron chi connectivity index (χ4n) is 4.59. The quantitative estimate of drug-likeness (QED) is 0.636. The number of quaternary nitrogens is 1. The van der Waals surface area contributed by atoms with Gasteiger partial charge in [0.15, 0.2) is 6.29 Å². The van der Waals surface area contributed by atoms with E-state index < -0.39 is 0 Å². The van der Waals surface area contributed by atoms with Crippen LogP contribution in [0.15, 0.2) is 48.5 Å². The lowest BCUT2D eigenvalue weighted by atomic mass is 9.91. The number of hydrogen-bond donors (Lipinski definition) is 1. The van der Waals surface area contributed by atoms with Crippen molar-refractivity contribution in [1.29, 1.82) is 0 Å². The molecule has 0 bridgehead atoms. The molecule has 0 saturated carbocycles. The second kappa shape index (κ2) is 8.48. The van der Waals surface area contributed by atoms with Gasteiger partial charge in [-0.25, -0.2) is 0 Å². The maximum absolute atomic E-state index is 5.55. The summed E-state index contributed by atoms with van der Waals surface area (Å²) in [6.45, 7) is 3.90. The fourth-order valence-corrected chi connectivity index (χ4v) is 4.59. The van der Waals surface area contributed by atoms with Crippen LogP contribution in [-0.2, 0) is 29.0 Å². The Bertz CT molecular complexity index is 929. The van der Waals surface area contributed by atoms with E-state index in [4.69, 9.17) is 9.47 Å². The number of methoxy groups -OCH3 is 2. The molecule has 3 aromatic rings. The fraction of sp³-hybridized carbons (Fsp3) is 0.417. The Hall–Kier alpha value is -2.14. The minimum atomic E-state index is -0.238. The highest BCUT2D eigenvalue weighted by Gasteiger charge is 2.30. The SMILES string of the molecule is COC(Cn1c2c(c3cc(C)ccc31)CCCC2[NH2+]Cc1ccccc1)OC. The number of rotatable bonds is 7. The number of hydrogen-bond acceptors (Lipinski definition) is 2. The van der Waals surface area contributed by atoms with E-state index in [-0.39, 0.29) is 6.29 Å². The molecule has 4 rings (SSSR count). The molecule has 2 N–H and O–H groups in total. The molecule has 28 heavy (non-hydrogen) atoms. The van der Waals surface area contributed by atoms with E-state index in [1.54, 1.807) is 14.2 Å². The topological polar surface area (TPSA) is 40.0 Å². The molecule has 1 aromatic heterocycles. The van der Waals surface area contributed by atoms with Gasteiger partial charge in [-0.05, 0) is 37.5 Å². The Morgan fingerprint density at radius 1 is 1.11 bits per heavy atom. The zero-order chi connectivity index (χ0) is 19.5. The van der Waals surface area contributed by atoms with Crippen molar-refractivity contribution in [2.24, 2.45) is 0 Å². The van der Waals surface area contributed by atoms with Crippen molar-refractivity contribution in [3.63, 3.8) is 0 Å². The van der Waals surface area contributed by atoms with Crippen molar-refractivity contribution in [3.05, 3.63) is 70.9 Å². The minimum absolute atomic E-state index is 0.238. The summed E-state index contributed by atoms with van der Waals surface area (Å²) in [5.74, 6) is 0. The minimum Gasteiger partial charge on any atom is -0.354 e. The van der Waals surface area contributed by atoms with E-state index >= 15 is 0 Å². The number of ether oxygens (including phenoxy) is 2. The molecule has 0 spiro atoms. The third kappa shape index (κ3) is 3.72. The van der Waals surface area contributed by atoms with E-state index in [0.717, 1.165) is 19.5 Å². The molecular weight excluding hydrogens is 348 g/mol. The van der Waals surface area contributed by atoms with Crippen LogP contribution in [0.25, 0.3) is 10.9 Å². The van der Waals surface area contributed by atoms with Crippen LogP contribution >= 0.6 is 0 Å². The molecular formula is C24H31N2O2+. The summed E-state index contributed by atoms with van der Waals surface area (Å²) in [5, 5.41) is 3.91. The molecule has 0 fully saturated rings. The van der Waals surface area contributed by atoms with Crippen LogP contribution < -0.4 is 5.32 Å². The van der Waals surface area contributed by atoms with Gasteiger partial charge >= 0.3 is 0 Å². The van der Waals surface area contributed by atoms with Crippen LogP contribution in [0.3, 0.4) is 0 Å². The molecule has 2 aromatic carbocycles. The first-order valence-electron chi connectivity index (χ1n) is 10.3. The van der Waals surface area contributed by atoms with Gasteiger partial charge in [0.2, 0.25) is 0 Å². The molecule has 148 valence electrons. The molecule has 1 atom stereocenters. The number of fused-ring (bicyclic) bond motifs is 3. The third-order valence-corrected chi connectivity index (χ3v) is 6.00. The van der Waals surface area contributed by atoms with Crippen molar-refractivity contribution >= 4 is 10.9 Å². The van der Waals surface area contributed by atoms with Gasteiger partial charge < -0.3 is 19.4 Å². The lowest BCUT2D eigenvalue weighted by molar-refractivity contribution is -0.713. The van der Waals surface area contributed by atoms with Crippen molar-refractivity contribution in [2.75, 3.05) is 14.2 Å². The average Bonchev–Trinajstić information content (AvgIpc) is 3.04. The molecule has 0 saturated heterocycles. The van der Waals surface area contributed by atoms with Crippen LogP contribution in [0.1, 0.15) is 41.3 Å². The highest BCUT2D eigenvalue weighted by Crippen LogP contribution is 2.36.